The molecule has 1 aliphatic heterocycles. The van der Waals surface area contributed by atoms with Gasteiger partial charge in [0.05, 0.1) is 16.6 Å². The van der Waals surface area contributed by atoms with Crippen LogP contribution in [-0.2, 0) is 11.2 Å². The van der Waals surface area contributed by atoms with Crippen molar-refractivity contribution in [2.75, 3.05) is 26.2 Å². The van der Waals surface area contributed by atoms with Crippen LogP contribution in [0.4, 0.5) is 4.39 Å². The quantitative estimate of drug-likeness (QED) is 0.411. The molecule has 0 unspecified atom stereocenters. The smallest absolute Gasteiger partial charge is 0.272 e. The average molecular weight is 529 g/mol. The Bertz CT molecular complexity index is 1580. The van der Waals surface area contributed by atoms with Gasteiger partial charge in [-0.1, -0.05) is 42.5 Å². The van der Waals surface area contributed by atoms with Crippen LogP contribution in [0.25, 0.3) is 10.8 Å². The van der Waals surface area contributed by atoms with E-state index in [1.165, 1.54) is 12.1 Å². The van der Waals surface area contributed by atoms with Crippen LogP contribution in [0.1, 0.15) is 35.5 Å². The number of amides is 2. The van der Waals surface area contributed by atoms with Gasteiger partial charge in [0, 0.05) is 38.0 Å². The molecule has 39 heavy (non-hydrogen) atoms. The lowest BCUT2D eigenvalue weighted by molar-refractivity contribution is -0.147. The fraction of sp³-hybridized carbons (Fsp3) is 0.267. The van der Waals surface area contributed by atoms with Gasteiger partial charge in [-0.3, -0.25) is 14.4 Å². The number of halogens is 1. The molecule has 3 aromatic carbocycles. The summed E-state index contributed by atoms with van der Waals surface area (Å²) >= 11 is 0. The Kier molecular flexibility index (Phi) is 7.15. The predicted molar refractivity (Wildman–Crippen MR) is 145 cm³/mol. The summed E-state index contributed by atoms with van der Waals surface area (Å²) in [6.45, 7) is 4.65. The zero-order valence-corrected chi connectivity index (χ0v) is 21.8. The van der Waals surface area contributed by atoms with E-state index in [1.54, 1.807) is 54.0 Å². The summed E-state index contributed by atoms with van der Waals surface area (Å²) in [5.74, 6) is -0.614. The summed E-state index contributed by atoms with van der Waals surface area (Å²) in [5, 5.41) is 7.92. The molecule has 0 spiro atoms. The third-order valence-electron chi connectivity index (χ3n) is 6.89. The summed E-state index contributed by atoms with van der Waals surface area (Å²) in [7, 11) is 0. The van der Waals surface area contributed by atoms with Crippen molar-refractivity contribution in [3.8, 4) is 5.75 Å². The van der Waals surface area contributed by atoms with Crippen LogP contribution in [0.5, 0.6) is 5.75 Å². The third-order valence-corrected chi connectivity index (χ3v) is 6.89. The topological polar surface area (TPSA) is 95.6 Å². The van der Waals surface area contributed by atoms with Crippen molar-refractivity contribution < 1.29 is 18.7 Å². The van der Waals surface area contributed by atoms with Gasteiger partial charge in [0.1, 0.15) is 11.6 Å². The largest absolute Gasteiger partial charge is 0.478 e. The van der Waals surface area contributed by atoms with E-state index in [1.807, 2.05) is 30.3 Å². The Balaban J connectivity index is 1.27. The molecule has 1 saturated heterocycles. The lowest BCUT2D eigenvalue weighted by Gasteiger charge is -2.38. The van der Waals surface area contributed by atoms with Crippen molar-refractivity contribution in [3.05, 3.63) is 106 Å². The van der Waals surface area contributed by atoms with E-state index >= 15 is 0 Å². The molecule has 0 saturated carbocycles. The van der Waals surface area contributed by atoms with Gasteiger partial charge >= 0.3 is 0 Å². The highest BCUT2D eigenvalue weighted by atomic mass is 19.1. The average Bonchev–Trinajstić information content (AvgIpc) is 2.95. The Labute approximate surface area is 225 Å². The van der Waals surface area contributed by atoms with E-state index in [9.17, 15) is 18.8 Å². The number of ether oxygens (including phenoxy) is 1. The number of nitrogens with zero attached hydrogens (tertiary/aromatic N) is 3. The fourth-order valence-corrected chi connectivity index (χ4v) is 4.84. The normalized spacial score (nSPS) is 13.9. The maximum Gasteiger partial charge on any atom is 0.272 e. The number of rotatable bonds is 6. The SMILES string of the molecule is CC(C)(Oc1ccccc1)C(=O)N1CCN(C(=O)c2cc(Cc3n[nH]c(=O)c4ccccc34)ccc2F)CC1. The van der Waals surface area contributed by atoms with E-state index in [4.69, 9.17) is 4.74 Å². The molecule has 8 nitrogen and oxygen atoms in total. The maximum atomic E-state index is 14.8. The first-order valence-electron chi connectivity index (χ1n) is 12.8. The van der Waals surface area contributed by atoms with Crippen LogP contribution >= 0.6 is 0 Å². The highest BCUT2D eigenvalue weighted by Crippen LogP contribution is 2.23. The molecule has 9 heteroatoms. The molecule has 5 rings (SSSR count). The highest BCUT2D eigenvalue weighted by molar-refractivity contribution is 5.95. The summed E-state index contributed by atoms with van der Waals surface area (Å²) in [5.41, 5.74) is -0.0695. The van der Waals surface area contributed by atoms with Gasteiger partial charge < -0.3 is 14.5 Å². The van der Waals surface area contributed by atoms with E-state index in [2.05, 4.69) is 10.2 Å². The van der Waals surface area contributed by atoms with E-state index < -0.39 is 17.3 Å². The first-order valence-corrected chi connectivity index (χ1v) is 12.8. The second-order valence-electron chi connectivity index (χ2n) is 10.0. The number of carbonyl (C=O) groups excluding carboxylic acids is 2. The maximum absolute atomic E-state index is 14.8. The monoisotopic (exact) mass is 528 g/mol. The minimum absolute atomic E-state index is 0.0336. The van der Waals surface area contributed by atoms with E-state index in [0.717, 1.165) is 0 Å². The zero-order valence-electron chi connectivity index (χ0n) is 21.8. The Morgan fingerprint density at radius 2 is 1.56 bits per heavy atom. The Morgan fingerprint density at radius 3 is 2.28 bits per heavy atom. The van der Waals surface area contributed by atoms with Crippen LogP contribution < -0.4 is 10.3 Å². The van der Waals surface area contributed by atoms with Crippen molar-refractivity contribution >= 4 is 22.6 Å². The molecule has 4 aromatic rings. The number of aromatic amines is 1. The van der Waals surface area contributed by atoms with Crippen molar-refractivity contribution in [2.24, 2.45) is 0 Å². The van der Waals surface area contributed by atoms with Crippen molar-refractivity contribution in [1.29, 1.82) is 0 Å². The second-order valence-corrected chi connectivity index (χ2v) is 10.0. The van der Waals surface area contributed by atoms with Crippen LogP contribution in [0.3, 0.4) is 0 Å². The highest BCUT2D eigenvalue weighted by Gasteiger charge is 2.36. The third kappa shape index (κ3) is 5.52. The molecule has 1 aliphatic rings. The predicted octanol–water partition coefficient (Wildman–Crippen LogP) is 3.80. The number of hydrogen-bond donors (Lipinski definition) is 1. The van der Waals surface area contributed by atoms with Crippen molar-refractivity contribution in [3.63, 3.8) is 0 Å². The lowest BCUT2D eigenvalue weighted by Crippen LogP contribution is -2.56. The van der Waals surface area contributed by atoms with Gasteiger partial charge in [0.2, 0.25) is 0 Å². The fourth-order valence-electron chi connectivity index (χ4n) is 4.84. The van der Waals surface area contributed by atoms with Crippen molar-refractivity contribution in [2.45, 2.75) is 25.9 Å². The summed E-state index contributed by atoms with van der Waals surface area (Å²) < 4.78 is 20.7. The molecule has 2 amide bonds. The molecule has 0 radical (unpaired) electrons. The molecular formula is C30H29FN4O4. The summed E-state index contributed by atoms with van der Waals surface area (Å²) in [4.78, 5) is 41.8. The molecule has 0 bridgehead atoms. The molecule has 1 fully saturated rings. The molecule has 0 atom stereocenters. The summed E-state index contributed by atoms with van der Waals surface area (Å²) in [6, 6.07) is 20.7. The van der Waals surface area contributed by atoms with Gasteiger partial charge in [-0.25, -0.2) is 9.49 Å². The van der Waals surface area contributed by atoms with Crippen LogP contribution in [0.2, 0.25) is 0 Å². The Morgan fingerprint density at radius 1 is 0.923 bits per heavy atom. The summed E-state index contributed by atoms with van der Waals surface area (Å²) in [6.07, 6.45) is 0.316. The minimum Gasteiger partial charge on any atom is -0.478 e. The van der Waals surface area contributed by atoms with Crippen molar-refractivity contribution in [1.82, 2.24) is 20.0 Å². The second kappa shape index (κ2) is 10.7. The molecule has 0 aliphatic carbocycles. The van der Waals surface area contributed by atoms with E-state index in [-0.39, 0.29) is 30.1 Å². The first kappa shape index (κ1) is 26.1. The molecule has 1 aromatic heterocycles. The van der Waals surface area contributed by atoms with Gasteiger partial charge in [-0.05, 0) is 49.7 Å². The van der Waals surface area contributed by atoms with Crippen LogP contribution in [-0.4, -0.2) is 63.6 Å². The number of fused-ring (bicyclic) bond motifs is 1. The number of aromatic nitrogens is 2. The van der Waals surface area contributed by atoms with E-state index in [0.29, 0.717) is 47.3 Å². The minimum atomic E-state index is -1.08. The first-order chi connectivity index (χ1) is 18.7. The molecule has 1 N–H and O–H groups in total. The number of H-pyrrole nitrogens is 1. The number of para-hydroxylation sites is 1. The van der Waals surface area contributed by atoms with Gasteiger partial charge in [0.25, 0.3) is 17.4 Å². The van der Waals surface area contributed by atoms with Gasteiger partial charge in [-0.2, -0.15) is 5.10 Å². The van der Waals surface area contributed by atoms with Gasteiger partial charge in [-0.15, -0.1) is 0 Å². The van der Waals surface area contributed by atoms with Gasteiger partial charge in [0.15, 0.2) is 5.60 Å². The number of nitrogens with one attached hydrogen (secondary N) is 1. The molecule has 200 valence electrons. The number of piperazine rings is 1. The van der Waals surface area contributed by atoms with Crippen LogP contribution in [0, 0.1) is 5.82 Å². The van der Waals surface area contributed by atoms with Crippen LogP contribution in [0.15, 0.2) is 77.6 Å². The standard InChI is InChI=1S/C30H29FN4O4/c1-30(2,39-21-8-4-3-5-9-21)29(38)35-16-14-34(15-17-35)28(37)24-18-20(12-13-25(24)31)19-26-22-10-6-7-11-23(22)27(36)33-32-26/h3-13,18H,14-17,19H2,1-2H3,(H,33,36). The number of carbonyl (C=O) groups is 2. The number of benzene rings is 3. The number of hydrogen-bond acceptors (Lipinski definition) is 5. The molecule has 2 heterocycles. The lowest BCUT2D eigenvalue weighted by atomic mass is 10.0. The molecular weight excluding hydrogens is 499 g/mol. The zero-order chi connectivity index (χ0) is 27.6. The Hall–Kier alpha value is -4.53.